The summed E-state index contributed by atoms with van der Waals surface area (Å²) in [4.78, 5) is 18.8. The van der Waals surface area contributed by atoms with Crippen molar-refractivity contribution >= 4 is 11.6 Å². The minimum atomic E-state index is -0.147. The Morgan fingerprint density at radius 2 is 1.76 bits per heavy atom. The van der Waals surface area contributed by atoms with Crippen molar-refractivity contribution in [2.24, 2.45) is 0 Å². The van der Waals surface area contributed by atoms with Crippen LogP contribution in [0, 0.1) is 0 Å². The second kappa shape index (κ2) is 7.83. The number of rotatable bonds is 6. The molecule has 150 valence electrons. The molecule has 0 spiro atoms. The van der Waals surface area contributed by atoms with Crippen molar-refractivity contribution in [3.05, 3.63) is 48.3 Å². The van der Waals surface area contributed by atoms with Gasteiger partial charge in [-0.25, -0.2) is 0 Å². The van der Waals surface area contributed by atoms with Gasteiger partial charge in [-0.3, -0.25) is 4.79 Å². The molecule has 1 fully saturated rings. The summed E-state index contributed by atoms with van der Waals surface area (Å²) in [5.74, 6) is 2.72. The summed E-state index contributed by atoms with van der Waals surface area (Å²) in [6.45, 7) is 0.468. The number of aromatic nitrogens is 2. The molecule has 0 N–H and O–H groups in total. The molecule has 0 radical (unpaired) electrons. The second-order valence-corrected chi connectivity index (χ2v) is 6.63. The Bertz CT molecular complexity index is 1020. The lowest BCUT2D eigenvalue weighted by Gasteiger charge is -2.18. The molecule has 1 atom stereocenters. The van der Waals surface area contributed by atoms with Crippen LogP contribution in [-0.2, 0) is 4.79 Å². The maximum Gasteiger partial charge on any atom is 0.257 e. The smallest absolute Gasteiger partial charge is 0.257 e. The Balaban J connectivity index is 1.53. The van der Waals surface area contributed by atoms with Crippen molar-refractivity contribution in [3.63, 3.8) is 0 Å². The topological polar surface area (TPSA) is 86.9 Å². The fourth-order valence-electron chi connectivity index (χ4n) is 3.37. The van der Waals surface area contributed by atoms with Crippen molar-refractivity contribution in [2.45, 2.75) is 12.3 Å². The van der Waals surface area contributed by atoms with Crippen molar-refractivity contribution in [1.82, 2.24) is 10.1 Å². The van der Waals surface area contributed by atoms with Gasteiger partial charge < -0.3 is 23.6 Å². The van der Waals surface area contributed by atoms with Crippen molar-refractivity contribution in [3.8, 4) is 28.7 Å². The van der Waals surface area contributed by atoms with E-state index in [1.165, 1.54) is 0 Å². The van der Waals surface area contributed by atoms with Crippen LogP contribution in [0.25, 0.3) is 11.5 Å². The van der Waals surface area contributed by atoms with Crippen LogP contribution in [0.15, 0.2) is 47.0 Å². The zero-order chi connectivity index (χ0) is 20.4. The molecule has 0 aliphatic carbocycles. The number of carbonyl (C=O) groups excluding carboxylic acids is 1. The number of ether oxygens (including phenoxy) is 3. The summed E-state index contributed by atoms with van der Waals surface area (Å²) in [5.41, 5.74) is 1.54. The summed E-state index contributed by atoms with van der Waals surface area (Å²) in [5, 5.41) is 4.10. The number of amides is 1. The van der Waals surface area contributed by atoms with Gasteiger partial charge in [-0.1, -0.05) is 5.16 Å². The summed E-state index contributed by atoms with van der Waals surface area (Å²) in [7, 11) is 4.75. The standard InChI is InChI=1S/C21H21N3O5/c1-26-16-7-4-13(5-8-16)21-22-20(23-29-21)14-10-19(25)24(12-14)15-6-9-17(27-2)18(11-15)28-3/h4-9,11,14H,10,12H2,1-3H3. The molecule has 8 nitrogen and oxygen atoms in total. The lowest BCUT2D eigenvalue weighted by Crippen LogP contribution is -2.24. The number of methoxy groups -OCH3 is 3. The highest BCUT2D eigenvalue weighted by Crippen LogP contribution is 2.36. The summed E-state index contributed by atoms with van der Waals surface area (Å²) in [6, 6.07) is 12.8. The van der Waals surface area contributed by atoms with Crippen LogP contribution >= 0.6 is 0 Å². The second-order valence-electron chi connectivity index (χ2n) is 6.63. The van der Waals surface area contributed by atoms with Crippen LogP contribution in [0.4, 0.5) is 5.69 Å². The molecule has 1 unspecified atom stereocenters. The summed E-state index contributed by atoms with van der Waals surface area (Å²) >= 11 is 0. The van der Waals surface area contributed by atoms with Crippen LogP contribution in [0.5, 0.6) is 17.2 Å². The first-order valence-corrected chi connectivity index (χ1v) is 9.13. The minimum absolute atomic E-state index is 0.00184. The molecule has 0 saturated carbocycles. The highest BCUT2D eigenvalue weighted by molar-refractivity contribution is 5.96. The number of hydrogen-bond donors (Lipinski definition) is 0. The van der Waals surface area contributed by atoms with Gasteiger partial charge in [0.1, 0.15) is 5.75 Å². The molecule has 29 heavy (non-hydrogen) atoms. The van der Waals surface area contributed by atoms with E-state index in [9.17, 15) is 4.79 Å². The maximum absolute atomic E-state index is 12.6. The van der Waals surface area contributed by atoms with Gasteiger partial charge in [0.25, 0.3) is 5.89 Å². The third-order valence-corrected chi connectivity index (χ3v) is 4.95. The number of benzene rings is 2. The monoisotopic (exact) mass is 395 g/mol. The first kappa shape index (κ1) is 18.8. The molecule has 1 amide bonds. The Morgan fingerprint density at radius 1 is 1.00 bits per heavy atom. The van der Waals surface area contributed by atoms with E-state index < -0.39 is 0 Å². The molecular formula is C21H21N3O5. The van der Waals surface area contributed by atoms with Crippen molar-refractivity contribution in [2.75, 3.05) is 32.8 Å². The zero-order valence-corrected chi connectivity index (χ0v) is 16.4. The molecule has 1 aliphatic heterocycles. The molecule has 1 aliphatic rings. The van der Waals surface area contributed by atoms with Gasteiger partial charge in [0.2, 0.25) is 5.91 Å². The van der Waals surface area contributed by atoms with Crippen LogP contribution in [-0.4, -0.2) is 43.9 Å². The largest absolute Gasteiger partial charge is 0.497 e. The molecule has 2 aromatic carbocycles. The Morgan fingerprint density at radius 3 is 2.45 bits per heavy atom. The first-order chi connectivity index (χ1) is 14.1. The highest BCUT2D eigenvalue weighted by Gasteiger charge is 2.35. The number of nitrogens with zero attached hydrogens (tertiary/aromatic N) is 3. The maximum atomic E-state index is 12.6. The lowest BCUT2D eigenvalue weighted by molar-refractivity contribution is -0.117. The molecule has 0 bridgehead atoms. The highest BCUT2D eigenvalue weighted by atomic mass is 16.5. The molecule has 3 aromatic rings. The van der Waals surface area contributed by atoms with Crippen LogP contribution < -0.4 is 19.1 Å². The minimum Gasteiger partial charge on any atom is -0.497 e. The lowest BCUT2D eigenvalue weighted by atomic mass is 10.1. The fourth-order valence-corrected chi connectivity index (χ4v) is 3.37. The Labute approximate surface area is 168 Å². The van der Waals surface area contributed by atoms with E-state index in [2.05, 4.69) is 10.1 Å². The van der Waals surface area contributed by atoms with E-state index in [0.29, 0.717) is 36.2 Å². The van der Waals surface area contributed by atoms with Crippen LogP contribution in [0.1, 0.15) is 18.2 Å². The van der Waals surface area contributed by atoms with E-state index in [-0.39, 0.29) is 11.8 Å². The average Bonchev–Trinajstić information content (AvgIpc) is 3.40. The van der Waals surface area contributed by atoms with Gasteiger partial charge in [-0.05, 0) is 36.4 Å². The third-order valence-electron chi connectivity index (χ3n) is 4.95. The first-order valence-electron chi connectivity index (χ1n) is 9.13. The van der Waals surface area contributed by atoms with E-state index >= 15 is 0 Å². The van der Waals surface area contributed by atoms with E-state index in [0.717, 1.165) is 17.0 Å². The predicted octanol–water partition coefficient (Wildman–Crippen LogP) is 3.28. The molecule has 8 heteroatoms. The molecule has 4 rings (SSSR count). The van der Waals surface area contributed by atoms with Gasteiger partial charge in [-0.2, -0.15) is 4.98 Å². The SMILES string of the molecule is COc1ccc(-c2nc(C3CC(=O)N(c4ccc(OC)c(OC)c4)C3)no2)cc1. The van der Waals surface area contributed by atoms with E-state index in [1.54, 1.807) is 38.4 Å². The molecular weight excluding hydrogens is 374 g/mol. The predicted molar refractivity (Wildman–Crippen MR) is 106 cm³/mol. The van der Waals surface area contributed by atoms with Gasteiger partial charge in [-0.15, -0.1) is 0 Å². The van der Waals surface area contributed by atoms with E-state index in [1.807, 2.05) is 30.3 Å². The molecule has 2 heterocycles. The quantitative estimate of drug-likeness (QED) is 0.633. The molecule has 1 saturated heterocycles. The Hall–Kier alpha value is -3.55. The fraction of sp³-hybridized carbons (Fsp3) is 0.286. The van der Waals surface area contributed by atoms with Gasteiger partial charge in [0.05, 0.1) is 21.3 Å². The van der Waals surface area contributed by atoms with Crippen molar-refractivity contribution < 1.29 is 23.5 Å². The Kier molecular flexibility index (Phi) is 5.07. The van der Waals surface area contributed by atoms with Crippen molar-refractivity contribution in [1.29, 1.82) is 0 Å². The zero-order valence-electron chi connectivity index (χ0n) is 16.4. The number of anilines is 1. The normalized spacial score (nSPS) is 16.2. The van der Waals surface area contributed by atoms with Gasteiger partial charge >= 0.3 is 0 Å². The summed E-state index contributed by atoms with van der Waals surface area (Å²) in [6.07, 6.45) is 0.315. The van der Waals surface area contributed by atoms with Gasteiger partial charge in [0.15, 0.2) is 17.3 Å². The molecule has 1 aromatic heterocycles. The van der Waals surface area contributed by atoms with Crippen LogP contribution in [0.3, 0.4) is 0 Å². The summed E-state index contributed by atoms with van der Waals surface area (Å²) < 4.78 is 21.2. The number of hydrogen-bond acceptors (Lipinski definition) is 7. The van der Waals surface area contributed by atoms with Gasteiger partial charge in [0, 0.05) is 36.2 Å². The number of carbonyl (C=O) groups is 1. The van der Waals surface area contributed by atoms with Crippen LogP contribution in [0.2, 0.25) is 0 Å². The average molecular weight is 395 g/mol. The van der Waals surface area contributed by atoms with E-state index in [4.69, 9.17) is 18.7 Å². The third kappa shape index (κ3) is 3.61.